The molecule has 4 rings (SSSR count). The van der Waals surface area contributed by atoms with Crippen LogP contribution in [0.4, 0.5) is 4.39 Å². The Morgan fingerprint density at radius 2 is 1.96 bits per heavy atom. The van der Waals surface area contributed by atoms with Crippen LogP contribution in [-0.2, 0) is 5.75 Å². The SMILES string of the molecule is CC(C)c1ccc(-c2csc3nc(SCc4cccc(F)c4)[nH]c(=O)c23)cc1. The van der Waals surface area contributed by atoms with Crippen molar-refractivity contribution in [1.82, 2.24) is 9.97 Å². The van der Waals surface area contributed by atoms with Gasteiger partial charge in [-0.2, -0.15) is 0 Å². The average Bonchev–Trinajstić information content (AvgIpc) is 3.11. The predicted molar refractivity (Wildman–Crippen MR) is 116 cm³/mol. The van der Waals surface area contributed by atoms with Crippen LogP contribution in [0.1, 0.15) is 30.9 Å². The van der Waals surface area contributed by atoms with Gasteiger partial charge in [-0.15, -0.1) is 11.3 Å². The molecule has 2 aromatic heterocycles. The fourth-order valence-corrected chi connectivity index (χ4v) is 4.85. The lowest BCUT2D eigenvalue weighted by molar-refractivity contribution is 0.626. The number of nitrogens with one attached hydrogen (secondary N) is 1. The number of hydrogen-bond donors (Lipinski definition) is 1. The zero-order valence-corrected chi connectivity index (χ0v) is 17.2. The summed E-state index contributed by atoms with van der Waals surface area (Å²) in [6.07, 6.45) is 0. The number of benzene rings is 2. The van der Waals surface area contributed by atoms with Crippen molar-refractivity contribution >= 4 is 33.3 Å². The number of fused-ring (bicyclic) bond motifs is 1. The van der Waals surface area contributed by atoms with Crippen LogP contribution in [0.3, 0.4) is 0 Å². The Labute approximate surface area is 170 Å². The Bertz CT molecular complexity index is 1180. The number of hydrogen-bond acceptors (Lipinski definition) is 4. The maximum absolute atomic E-state index is 13.3. The smallest absolute Gasteiger partial charge is 0.260 e. The van der Waals surface area contributed by atoms with Gasteiger partial charge in [0.1, 0.15) is 10.6 Å². The van der Waals surface area contributed by atoms with Gasteiger partial charge in [0.15, 0.2) is 5.16 Å². The summed E-state index contributed by atoms with van der Waals surface area (Å²) >= 11 is 2.86. The highest BCUT2D eigenvalue weighted by Crippen LogP contribution is 2.32. The van der Waals surface area contributed by atoms with Gasteiger partial charge >= 0.3 is 0 Å². The van der Waals surface area contributed by atoms with Crippen molar-refractivity contribution in [3.63, 3.8) is 0 Å². The van der Waals surface area contributed by atoms with E-state index in [-0.39, 0.29) is 11.4 Å². The highest BCUT2D eigenvalue weighted by molar-refractivity contribution is 7.98. The van der Waals surface area contributed by atoms with Crippen molar-refractivity contribution in [3.05, 3.63) is 81.2 Å². The van der Waals surface area contributed by atoms with Crippen LogP contribution in [0.5, 0.6) is 0 Å². The predicted octanol–water partition coefficient (Wildman–Crippen LogP) is 6.21. The van der Waals surface area contributed by atoms with Crippen LogP contribution in [0.2, 0.25) is 0 Å². The molecule has 0 saturated carbocycles. The van der Waals surface area contributed by atoms with Crippen molar-refractivity contribution in [3.8, 4) is 11.1 Å². The van der Waals surface area contributed by atoms with E-state index in [1.165, 1.54) is 40.8 Å². The third-order valence-corrected chi connectivity index (χ3v) is 6.39. The number of thioether (sulfide) groups is 1. The first-order valence-corrected chi connectivity index (χ1v) is 10.9. The Kier molecular flexibility index (Phi) is 5.33. The molecule has 0 spiro atoms. The minimum Gasteiger partial charge on any atom is -0.301 e. The molecular weight excluding hydrogens is 391 g/mol. The summed E-state index contributed by atoms with van der Waals surface area (Å²) in [6, 6.07) is 14.8. The number of halogens is 1. The van der Waals surface area contributed by atoms with E-state index < -0.39 is 0 Å². The van der Waals surface area contributed by atoms with Crippen LogP contribution in [0, 0.1) is 5.82 Å². The Hall–Kier alpha value is -2.44. The van der Waals surface area contributed by atoms with E-state index in [9.17, 15) is 9.18 Å². The van der Waals surface area contributed by atoms with Gasteiger partial charge in [-0.1, -0.05) is 62.0 Å². The van der Waals surface area contributed by atoms with Gasteiger partial charge in [-0.3, -0.25) is 4.79 Å². The lowest BCUT2D eigenvalue weighted by Crippen LogP contribution is -2.08. The maximum atomic E-state index is 13.3. The summed E-state index contributed by atoms with van der Waals surface area (Å²) < 4.78 is 13.3. The number of aromatic nitrogens is 2. The third kappa shape index (κ3) is 3.88. The number of aromatic amines is 1. The van der Waals surface area contributed by atoms with E-state index in [2.05, 4.69) is 48.1 Å². The van der Waals surface area contributed by atoms with E-state index in [1.54, 1.807) is 6.07 Å². The first-order chi connectivity index (χ1) is 13.5. The summed E-state index contributed by atoms with van der Waals surface area (Å²) in [5, 5.41) is 3.15. The molecule has 2 aromatic carbocycles. The molecule has 2 heterocycles. The van der Waals surface area contributed by atoms with Crippen molar-refractivity contribution in [2.75, 3.05) is 0 Å². The summed E-state index contributed by atoms with van der Waals surface area (Å²) in [7, 11) is 0. The molecule has 0 aliphatic heterocycles. The minimum absolute atomic E-state index is 0.143. The first-order valence-electron chi connectivity index (χ1n) is 9.00. The van der Waals surface area contributed by atoms with Gasteiger partial charge in [0.2, 0.25) is 0 Å². The zero-order chi connectivity index (χ0) is 19.7. The van der Waals surface area contributed by atoms with Gasteiger partial charge in [-0.05, 0) is 34.7 Å². The molecule has 0 radical (unpaired) electrons. The van der Waals surface area contributed by atoms with Crippen LogP contribution >= 0.6 is 23.1 Å². The summed E-state index contributed by atoms with van der Waals surface area (Å²) in [6.45, 7) is 4.32. The van der Waals surface area contributed by atoms with Crippen LogP contribution in [0.15, 0.2) is 63.9 Å². The van der Waals surface area contributed by atoms with Crippen molar-refractivity contribution < 1.29 is 4.39 Å². The molecule has 142 valence electrons. The van der Waals surface area contributed by atoms with Gasteiger partial charge in [0.25, 0.3) is 5.56 Å². The Morgan fingerprint density at radius 1 is 1.18 bits per heavy atom. The molecule has 0 amide bonds. The van der Waals surface area contributed by atoms with Crippen LogP contribution < -0.4 is 5.56 Å². The number of rotatable bonds is 5. The highest BCUT2D eigenvalue weighted by atomic mass is 32.2. The Morgan fingerprint density at radius 3 is 2.68 bits per heavy atom. The largest absolute Gasteiger partial charge is 0.301 e. The van der Waals surface area contributed by atoms with Crippen LogP contribution in [-0.4, -0.2) is 9.97 Å². The molecule has 0 saturated heterocycles. The molecule has 28 heavy (non-hydrogen) atoms. The molecule has 4 aromatic rings. The summed E-state index contributed by atoms with van der Waals surface area (Å²) in [4.78, 5) is 20.9. The molecule has 0 atom stereocenters. The molecule has 6 heteroatoms. The lowest BCUT2D eigenvalue weighted by Gasteiger charge is -2.06. The second-order valence-corrected chi connectivity index (χ2v) is 8.72. The number of thiophene rings is 1. The molecular formula is C22H19FN2OS2. The molecule has 3 nitrogen and oxygen atoms in total. The second kappa shape index (κ2) is 7.89. The minimum atomic E-state index is -0.263. The van der Waals surface area contributed by atoms with Crippen molar-refractivity contribution in [1.29, 1.82) is 0 Å². The third-order valence-electron chi connectivity index (χ3n) is 4.58. The van der Waals surface area contributed by atoms with Gasteiger partial charge in [-0.25, -0.2) is 9.37 Å². The normalized spacial score (nSPS) is 11.4. The van der Waals surface area contributed by atoms with E-state index in [1.807, 2.05) is 11.4 Å². The molecule has 0 aliphatic carbocycles. The molecule has 0 aliphatic rings. The van der Waals surface area contributed by atoms with Crippen molar-refractivity contribution in [2.45, 2.75) is 30.7 Å². The van der Waals surface area contributed by atoms with Crippen molar-refractivity contribution in [2.24, 2.45) is 0 Å². The quantitative estimate of drug-likeness (QED) is 0.314. The molecule has 1 N–H and O–H groups in total. The summed E-state index contributed by atoms with van der Waals surface area (Å²) in [5.74, 6) is 0.749. The first kappa shape index (κ1) is 18.9. The number of H-pyrrole nitrogens is 1. The monoisotopic (exact) mass is 410 g/mol. The highest BCUT2D eigenvalue weighted by Gasteiger charge is 2.13. The summed E-state index contributed by atoms with van der Waals surface area (Å²) in [5.41, 5.74) is 3.90. The fraction of sp³-hybridized carbons (Fsp3) is 0.182. The van der Waals surface area contributed by atoms with E-state index in [0.29, 0.717) is 27.0 Å². The van der Waals surface area contributed by atoms with E-state index in [0.717, 1.165) is 16.7 Å². The van der Waals surface area contributed by atoms with E-state index in [4.69, 9.17) is 0 Å². The average molecular weight is 411 g/mol. The van der Waals surface area contributed by atoms with Gasteiger partial charge in [0.05, 0.1) is 5.39 Å². The fourth-order valence-electron chi connectivity index (χ4n) is 3.04. The van der Waals surface area contributed by atoms with Gasteiger partial charge in [0, 0.05) is 16.7 Å². The van der Waals surface area contributed by atoms with Crippen LogP contribution in [0.25, 0.3) is 21.3 Å². The zero-order valence-electron chi connectivity index (χ0n) is 15.5. The standard InChI is InChI=1S/C22H19FN2OS2/c1-13(2)15-6-8-16(9-7-15)18-12-27-21-19(18)20(26)24-22(25-21)28-11-14-4-3-5-17(23)10-14/h3-10,12-13H,11H2,1-2H3,(H,24,25,26). The second-order valence-electron chi connectivity index (χ2n) is 6.90. The lowest BCUT2D eigenvalue weighted by atomic mass is 9.99. The Balaban J connectivity index is 1.63. The van der Waals surface area contributed by atoms with Gasteiger partial charge < -0.3 is 4.98 Å². The molecule has 0 unspecified atom stereocenters. The maximum Gasteiger partial charge on any atom is 0.260 e. The topological polar surface area (TPSA) is 45.8 Å². The number of nitrogens with zero attached hydrogens (tertiary/aromatic N) is 1. The van der Waals surface area contributed by atoms with E-state index >= 15 is 0 Å². The molecule has 0 bridgehead atoms. The molecule has 0 fully saturated rings.